The second-order valence-corrected chi connectivity index (χ2v) is 5.79. The second kappa shape index (κ2) is 5.18. The lowest BCUT2D eigenvalue weighted by molar-refractivity contribution is 0.144. The smallest absolute Gasteiger partial charge is 0.0406 e. The van der Waals surface area contributed by atoms with Crippen molar-refractivity contribution in [3.05, 3.63) is 30.1 Å². The van der Waals surface area contributed by atoms with E-state index in [1.807, 2.05) is 12.3 Å². The number of rotatable bonds is 4. The summed E-state index contributed by atoms with van der Waals surface area (Å²) in [6.07, 6.45) is 5.58. The average Bonchev–Trinajstić information content (AvgIpc) is 2.80. The molecule has 2 nitrogen and oxygen atoms in total. The third-order valence-electron chi connectivity index (χ3n) is 4.23. The zero-order chi connectivity index (χ0) is 12.3. The molecule has 0 aromatic carbocycles. The first-order valence-corrected chi connectivity index (χ1v) is 6.77. The third kappa shape index (κ3) is 3.06. The predicted octanol–water partition coefficient (Wildman–Crippen LogP) is 3.13. The molecule has 1 aliphatic heterocycles. The lowest BCUT2D eigenvalue weighted by atomic mass is 9.99. The van der Waals surface area contributed by atoms with Crippen LogP contribution in [-0.4, -0.2) is 28.5 Å². The number of nitrogens with zero attached hydrogens (tertiary/aromatic N) is 2. The largest absolute Gasteiger partial charge is 0.298 e. The van der Waals surface area contributed by atoms with E-state index in [1.54, 1.807) is 0 Å². The van der Waals surface area contributed by atoms with Crippen LogP contribution in [-0.2, 0) is 6.42 Å². The summed E-state index contributed by atoms with van der Waals surface area (Å²) in [5, 5.41) is 0. The fourth-order valence-electron chi connectivity index (χ4n) is 2.59. The minimum Gasteiger partial charge on any atom is -0.298 e. The third-order valence-corrected chi connectivity index (χ3v) is 4.23. The van der Waals surface area contributed by atoms with Gasteiger partial charge in [0.25, 0.3) is 0 Å². The van der Waals surface area contributed by atoms with Crippen molar-refractivity contribution in [3.63, 3.8) is 0 Å². The predicted molar refractivity (Wildman–Crippen MR) is 72.0 cm³/mol. The van der Waals surface area contributed by atoms with E-state index in [9.17, 15) is 0 Å². The summed E-state index contributed by atoms with van der Waals surface area (Å²) in [4.78, 5) is 7.07. The first-order valence-electron chi connectivity index (χ1n) is 6.77. The van der Waals surface area contributed by atoms with Gasteiger partial charge in [0, 0.05) is 24.0 Å². The van der Waals surface area contributed by atoms with Gasteiger partial charge in [-0.3, -0.25) is 9.88 Å². The van der Waals surface area contributed by atoms with Crippen LogP contribution < -0.4 is 0 Å². The molecule has 2 heteroatoms. The molecule has 0 bridgehead atoms. The second-order valence-electron chi connectivity index (χ2n) is 5.79. The zero-order valence-corrected chi connectivity index (χ0v) is 11.3. The fourth-order valence-corrected chi connectivity index (χ4v) is 2.59. The van der Waals surface area contributed by atoms with Crippen LogP contribution in [0.4, 0.5) is 0 Å². The highest BCUT2D eigenvalue weighted by Gasteiger charge is 2.32. The first-order chi connectivity index (χ1) is 8.12. The van der Waals surface area contributed by atoms with E-state index in [0.29, 0.717) is 5.54 Å². The van der Waals surface area contributed by atoms with Gasteiger partial charge in [0.15, 0.2) is 0 Å². The van der Waals surface area contributed by atoms with Gasteiger partial charge in [-0.15, -0.1) is 0 Å². The summed E-state index contributed by atoms with van der Waals surface area (Å²) >= 11 is 0. The number of hydrogen-bond donors (Lipinski definition) is 0. The van der Waals surface area contributed by atoms with E-state index in [4.69, 9.17) is 0 Å². The maximum atomic E-state index is 4.43. The zero-order valence-electron chi connectivity index (χ0n) is 11.3. The van der Waals surface area contributed by atoms with Crippen molar-refractivity contribution in [1.82, 2.24) is 9.88 Å². The Kier molecular flexibility index (Phi) is 3.82. The van der Waals surface area contributed by atoms with E-state index in [1.165, 1.54) is 31.6 Å². The normalized spacial score (nSPS) is 21.9. The minimum absolute atomic E-state index is 0.360. The molecular formula is C15H24N2. The molecule has 1 unspecified atom stereocenters. The molecule has 94 valence electrons. The summed E-state index contributed by atoms with van der Waals surface area (Å²) in [5.41, 5.74) is 1.60. The molecule has 0 amide bonds. The highest BCUT2D eigenvalue weighted by atomic mass is 15.2. The maximum Gasteiger partial charge on any atom is 0.0406 e. The molecule has 17 heavy (non-hydrogen) atoms. The van der Waals surface area contributed by atoms with Crippen LogP contribution in [0.5, 0.6) is 0 Å². The number of likely N-dealkylation sites (tertiary alicyclic amines) is 1. The van der Waals surface area contributed by atoms with Gasteiger partial charge in [0.1, 0.15) is 0 Å². The van der Waals surface area contributed by atoms with Gasteiger partial charge >= 0.3 is 0 Å². The first kappa shape index (κ1) is 12.6. The van der Waals surface area contributed by atoms with Crippen LogP contribution in [0.3, 0.4) is 0 Å². The van der Waals surface area contributed by atoms with Gasteiger partial charge in [-0.25, -0.2) is 0 Å². The average molecular weight is 232 g/mol. The van der Waals surface area contributed by atoms with Gasteiger partial charge in [-0.2, -0.15) is 0 Å². The van der Waals surface area contributed by atoms with Gasteiger partial charge in [0.05, 0.1) is 0 Å². The number of pyridine rings is 1. The van der Waals surface area contributed by atoms with E-state index in [0.717, 1.165) is 12.3 Å². The highest BCUT2D eigenvalue weighted by Crippen LogP contribution is 2.28. The molecule has 2 rings (SSSR count). The summed E-state index contributed by atoms with van der Waals surface area (Å²) in [5.74, 6) is 0.788. The lowest BCUT2D eigenvalue weighted by Crippen LogP contribution is -2.41. The monoisotopic (exact) mass is 232 g/mol. The van der Waals surface area contributed by atoms with E-state index < -0.39 is 0 Å². The van der Waals surface area contributed by atoms with Crippen LogP contribution in [0.2, 0.25) is 0 Å². The van der Waals surface area contributed by atoms with Crippen LogP contribution in [0, 0.1) is 5.92 Å². The van der Waals surface area contributed by atoms with Crippen molar-refractivity contribution >= 4 is 0 Å². The van der Waals surface area contributed by atoms with Gasteiger partial charge in [-0.05, 0) is 57.7 Å². The van der Waals surface area contributed by atoms with Crippen molar-refractivity contribution in [2.45, 2.75) is 45.6 Å². The standard InChI is InChI=1S/C15H24N2/c1-4-15(2,3)17-10-8-13(12-17)11-14-7-5-6-9-16-14/h5-7,9,13H,4,8,10-12H2,1-3H3. The summed E-state index contributed by atoms with van der Waals surface area (Å²) in [7, 11) is 0. The molecule has 0 spiro atoms. The minimum atomic E-state index is 0.360. The lowest BCUT2D eigenvalue weighted by Gasteiger charge is -2.34. The Morgan fingerprint density at radius 2 is 2.24 bits per heavy atom. The molecule has 0 radical (unpaired) electrons. The van der Waals surface area contributed by atoms with Crippen LogP contribution in [0.15, 0.2) is 24.4 Å². The van der Waals surface area contributed by atoms with E-state index in [-0.39, 0.29) is 0 Å². The van der Waals surface area contributed by atoms with Gasteiger partial charge < -0.3 is 0 Å². The Labute approximate surface area is 105 Å². The van der Waals surface area contributed by atoms with E-state index in [2.05, 4.69) is 42.8 Å². The van der Waals surface area contributed by atoms with Crippen LogP contribution in [0.25, 0.3) is 0 Å². The summed E-state index contributed by atoms with van der Waals surface area (Å²) in [6, 6.07) is 6.23. The molecule has 2 heterocycles. The van der Waals surface area contributed by atoms with Gasteiger partial charge in [0.2, 0.25) is 0 Å². The number of hydrogen-bond acceptors (Lipinski definition) is 2. The van der Waals surface area contributed by atoms with Crippen LogP contribution in [0.1, 0.15) is 39.3 Å². The Balaban J connectivity index is 1.91. The molecule has 1 aliphatic rings. The van der Waals surface area contributed by atoms with Crippen molar-refractivity contribution in [2.75, 3.05) is 13.1 Å². The molecule has 1 aromatic heterocycles. The van der Waals surface area contributed by atoms with Crippen molar-refractivity contribution in [1.29, 1.82) is 0 Å². The Hall–Kier alpha value is -0.890. The number of aromatic nitrogens is 1. The molecule has 0 N–H and O–H groups in total. The highest BCUT2D eigenvalue weighted by molar-refractivity contribution is 5.05. The Morgan fingerprint density at radius 1 is 1.41 bits per heavy atom. The fraction of sp³-hybridized carbons (Fsp3) is 0.667. The summed E-state index contributed by atoms with van der Waals surface area (Å²) < 4.78 is 0. The van der Waals surface area contributed by atoms with Crippen molar-refractivity contribution in [3.8, 4) is 0 Å². The summed E-state index contributed by atoms with van der Waals surface area (Å²) in [6.45, 7) is 9.48. The van der Waals surface area contributed by atoms with Gasteiger partial charge in [-0.1, -0.05) is 13.0 Å². The molecule has 1 saturated heterocycles. The molecule has 0 aliphatic carbocycles. The Bertz CT molecular complexity index is 345. The quantitative estimate of drug-likeness (QED) is 0.793. The maximum absolute atomic E-state index is 4.43. The molecule has 1 fully saturated rings. The van der Waals surface area contributed by atoms with Crippen molar-refractivity contribution < 1.29 is 0 Å². The molecule has 1 atom stereocenters. The molecule has 0 saturated carbocycles. The molecule has 1 aromatic rings. The topological polar surface area (TPSA) is 16.1 Å². The van der Waals surface area contributed by atoms with Crippen LogP contribution >= 0.6 is 0 Å². The van der Waals surface area contributed by atoms with E-state index >= 15 is 0 Å². The molecular weight excluding hydrogens is 208 g/mol. The van der Waals surface area contributed by atoms with Crippen molar-refractivity contribution in [2.24, 2.45) is 5.92 Å². The Morgan fingerprint density at radius 3 is 2.88 bits per heavy atom. The SMILES string of the molecule is CCC(C)(C)N1CCC(Cc2ccccn2)C1.